The molecule has 7 heteroatoms. The van der Waals surface area contributed by atoms with Crippen LogP contribution in [0.2, 0.25) is 0 Å². The van der Waals surface area contributed by atoms with E-state index in [1.165, 1.54) is 0 Å². The third-order valence-electron chi connectivity index (χ3n) is 5.43. The van der Waals surface area contributed by atoms with Crippen molar-refractivity contribution >= 4 is 11.5 Å². The van der Waals surface area contributed by atoms with Crippen molar-refractivity contribution in [3.8, 4) is 5.82 Å². The van der Waals surface area contributed by atoms with Crippen molar-refractivity contribution in [3.63, 3.8) is 0 Å². The summed E-state index contributed by atoms with van der Waals surface area (Å²) in [6, 6.07) is 10.3. The zero-order valence-corrected chi connectivity index (χ0v) is 16.8. The van der Waals surface area contributed by atoms with Crippen molar-refractivity contribution in [2.45, 2.75) is 19.5 Å². The largest absolute Gasteiger partial charge is 0.358 e. The molecule has 146 valence electrons. The van der Waals surface area contributed by atoms with Gasteiger partial charge in [0.15, 0.2) is 11.5 Å². The molecular formula is C21H27N7. The number of pyridine rings is 1. The maximum Gasteiger partial charge on any atom is 0.164 e. The number of aryl methyl sites for hydroxylation is 2. The van der Waals surface area contributed by atoms with Crippen LogP contribution in [0.3, 0.4) is 0 Å². The second-order valence-corrected chi connectivity index (χ2v) is 7.41. The van der Waals surface area contributed by atoms with Crippen LogP contribution in [0.25, 0.3) is 5.82 Å². The van der Waals surface area contributed by atoms with Crippen molar-refractivity contribution in [2.24, 2.45) is 5.73 Å². The second kappa shape index (κ2) is 6.92. The highest BCUT2D eigenvalue weighted by Crippen LogP contribution is 2.39. The van der Waals surface area contributed by atoms with E-state index in [2.05, 4.69) is 52.6 Å². The van der Waals surface area contributed by atoms with Crippen LogP contribution in [0.1, 0.15) is 22.4 Å². The van der Waals surface area contributed by atoms with E-state index in [0.717, 1.165) is 52.8 Å². The van der Waals surface area contributed by atoms with Gasteiger partial charge in [0.1, 0.15) is 12.1 Å². The Morgan fingerprint density at radius 3 is 2.68 bits per heavy atom. The summed E-state index contributed by atoms with van der Waals surface area (Å²) in [5, 5.41) is 6.71. The van der Waals surface area contributed by atoms with Gasteiger partial charge in [-0.2, -0.15) is 0 Å². The van der Waals surface area contributed by atoms with E-state index < -0.39 is 5.66 Å². The number of anilines is 2. The Kier molecular flexibility index (Phi) is 4.56. The van der Waals surface area contributed by atoms with Gasteiger partial charge < -0.3 is 15.5 Å². The number of benzene rings is 1. The summed E-state index contributed by atoms with van der Waals surface area (Å²) in [6.45, 7) is 5.94. The van der Waals surface area contributed by atoms with Gasteiger partial charge in [-0.3, -0.25) is 10.3 Å². The molecule has 0 spiro atoms. The van der Waals surface area contributed by atoms with Gasteiger partial charge in [0, 0.05) is 25.7 Å². The lowest BCUT2D eigenvalue weighted by Gasteiger charge is -2.39. The molecule has 1 aliphatic rings. The Morgan fingerprint density at radius 1 is 1.21 bits per heavy atom. The van der Waals surface area contributed by atoms with Crippen molar-refractivity contribution in [1.29, 1.82) is 0 Å². The number of fused-ring (bicyclic) bond motifs is 3. The predicted octanol–water partition coefficient (Wildman–Crippen LogP) is 2.13. The molecule has 3 aromatic rings. The number of nitrogens with zero attached hydrogens (tertiary/aromatic N) is 4. The Morgan fingerprint density at radius 2 is 1.96 bits per heavy atom. The van der Waals surface area contributed by atoms with Crippen molar-refractivity contribution in [1.82, 2.24) is 19.9 Å². The van der Waals surface area contributed by atoms with Crippen LogP contribution in [-0.4, -0.2) is 41.7 Å². The first kappa shape index (κ1) is 18.5. The molecule has 0 saturated heterocycles. The van der Waals surface area contributed by atoms with Gasteiger partial charge in [-0.25, -0.2) is 9.97 Å². The highest BCUT2D eigenvalue weighted by Gasteiger charge is 2.40. The minimum Gasteiger partial charge on any atom is -0.358 e. The van der Waals surface area contributed by atoms with Crippen LogP contribution in [0.5, 0.6) is 0 Å². The van der Waals surface area contributed by atoms with Gasteiger partial charge in [0.25, 0.3) is 0 Å². The third-order valence-corrected chi connectivity index (χ3v) is 5.43. The number of likely N-dealkylation sites (N-methyl/N-ethyl adjacent to an activating group) is 2. The van der Waals surface area contributed by atoms with Gasteiger partial charge >= 0.3 is 0 Å². The molecule has 1 atom stereocenters. The molecule has 0 amide bonds. The Hall–Kier alpha value is -2.90. The molecular weight excluding hydrogens is 350 g/mol. The van der Waals surface area contributed by atoms with Crippen molar-refractivity contribution in [2.75, 3.05) is 37.4 Å². The highest BCUT2D eigenvalue weighted by molar-refractivity contribution is 5.68. The first-order valence-electron chi connectivity index (χ1n) is 9.49. The van der Waals surface area contributed by atoms with E-state index in [1.807, 2.05) is 37.0 Å². The number of hydrogen-bond donors (Lipinski definition) is 3. The number of aromatic nitrogens is 3. The van der Waals surface area contributed by atoms with E-state index >= 15 is 0 Å². The Labute approximate surface area is 165 Å². The van der Waals surface area contributed by atoms with E-state index in [9.17, 15) is 0 Å². The van der Waals surface area contributed by atoms with Crippen molar-refractivity contribution in [3.05, 3.63) is 65.2 Å². The van der Waals surface area contributed by atoms with E-state index in [-0.39, 0.29) is 0 Å². The van der Waals surface area contributed by atoms with Gasteiger partial charge in [-0.1, -0.05) is 18.2 Å². The Balaban J connectivity index is 1.82. The predicted molar refractivity (Wildman–Crippen MR) is 113 cm³/mol. The molecule has 0 bridgehead atoms. The zero-order valence-electron chi connectivity index (χ0n) is 16.8. The number of imidazole rings is 1. The summed E-state index contributed by atoms with van der Waals surface area (Å²) in [5.74, 6) is 1.72. The molecule has 0 fully saturated rings. The fraction of sp³-hybridized carbons (Fsp3) is 0.333. The molecule has 0 radical (unpaired) electrons. The molecule has 1 aliphatic heterocycles. The number of rotatable bonds is 5. The Bertz CT molecular complexity index is 989. The molecule has 1 unspecified atom stereocenters. The SMILES string of the molecule is CNCCN(C)c1ccc2c(n1)-n1cncc1C(N)(c1c(C)cccc1C)N2. The average Bonchev–Trinajstić information content (AvgIpc) is 3.17. The molecule has 1 aromatic carbocycles. The fourth-order valence-corrected chi connectivity index (χ4v) is 3.99. The van der Waals surface area contributed by atoms with Crippen LogP contribution in [0, 0.1) is 13.8 Å². The molecule has 4 rings (SSSR count). The lowest BCUT2D eigenvalue weighted by molar-refractivity contribution is 0.561. The summed E-state index contributed by atoms with van der Waals surface area (Å²) < 4.78 is 1.99. The van der Waals surface area contributed by atoms with Crippen LogP contribution in [0.4, 0.5) is 11.5 Å². The maximum atomic E-state index is 7.00. The van der Waals surface area contributed by atoms with E-state index in [0.29, 0.717) is 0 Å². The lowest BCUT2D eigenvalue weighted by Crippen LogP contribution is -2.50. The summed E-state index contributed by atoms with van der Waals surface area (Å²) >= 11 is 0. The van der Waals surface area contributed by atoms with Gasteiger partial charge in [0.2, 0.25) is 0 Å². The fourth-order valence-electron chi connectivity index (χ4n) is 3.99. The van der Waals surface area contributed by atoms with E-state index in [1.54, 1.807) is 6.33 Å². The van der Waals surface area contributed by atoms with Gasteiger partial charge in [-0.05, 0) is 44.2 Å². The summed E-state index contributed by atoms with van der Waals surface area (Å²) in [7, 11) is 3.99. The minimum absolute atomic E-state index is 0.814. The van der Waals surface area contributed by atoms with Crippen LogP contribution in [0.15, 0.2) is 42.9 Å². The van der Waals surface area contributed by atoms with Crippen LogP contribution >= 0.6 is 0 Å². The molecule has 2 aromatic heterocycles. The topological polar surface area (TPSA) is 84.0 Å². The molecule has 3 heterocycles. The summed E-state index contributed by atoms with van der Waals surface area (Å²) in [5.41, 5.74) is 11.2. The number of nitrogens with one attached hydrogen (secondary N) is 2. The van der Waals surface area contributed by atoms with E-state index in [4.69, 9.17) is 10.7 Å². The number of hydrogen-bond acceptors (Lipinski definition) is 6. The normalized spacial score (nSPS) is 17.6. The van der Waals surface area contributed by atoms with Gasteiger partial charge in [-0.15, -0.1) is 0 Å². The maximum absolute atomic E-state index is 7.00. The third kappa shape index (κ3) is 2.83. The monoisotopic (exact) mass is 377 g/mol. The van der Waals surface area contributed by atoms with Crippen LogP contribution < -0.4 is 21.3 Å². The second-order valence-electron chi connectivity index (χ2n) is 7.41. The smallest absolute Gasteiger partial charge is 0.164 e. The van der Waals surface area contributed by atoms with Gasteiger partial charge in [0.05, 0.1) is 17.6 Å². The number of nitrogens with two attached hydrogens (primary N) is 1. The molecule has 28 heavy (non-hydrogen) atoms. The minimum atomic E-state index is -0.875. The van der Waals surface area contributed by atoms with Crippen LogP contribution in [-0.2, 0) is 5.66 Å². The molecule has 0 aliphatic carbocycles. The quantitative estimate of drug-likeness (QED) is 0.632. The highest BCUT2D eigenvalue weighted by atomic mass is 15.3. The average molecular weight is 377 g/mol. The standard InChI is InChI=1S/C21H27N7/c1-14-6-5-7-15(2)19(14)21(22)17-12-24-13-28(17)20-16(26-21)8-9-18(25-20)27(4)11-10-23-3/h5-9,12-13,23,26H,10-11,22H2,1-4H3. The molecule has 7 nitrogen and oxygen atoms in total. The lowest BCUT2D eigenvalue weighted by atomic mass is 9.87. The summed E-state index contributed by atoms with van der Waals surface area (Å²) in [4.78, 5) is 11.4. The summed E-state index contributed by atoms with van der Waals surface area (Å²) in [6.07, 6.45) is 3.61. The van der Waals surface area contributed by atoms with Crippen molar-refractivity contribution < 1.29 is 0 Å². The zero-order chi connectivity index (χ0) is 19.9. The molecule has 4 N–H and O–H groups in total. The molecule has 0 saturated carbocycles. The first-order chi connectivity index (χ1) is 13.5. The first-order valence-corrected chi connectivity index (χ1v) is 9.49.